The van der Waals surface area contributed by atoms with Gasteiger partial charge in [0.25, 0.3) is 5.91 Å². The third-order valence-corrected chi connectivity index (χ3v) is 5.91. The van der Waals surface area contributed by atoms with Crippen LogP contribution >= 0.6 is 28.3 Å². The second-order valence-electron chi connectivity index (χ2n) is 6.76. The predicted molar refractivity (Wildman–Crippen MR) is 104 cm³/mol. The van der Waals surface area contributed by atoms with E-state index in [1.807, 2.05) is 17.9 Å². The molecule has 1 aromatic carbocycles. The Kier molecular flexibility index (Phi) is 5.27. The largest absolute Gasteiger partial charge is 0.483 e. The molecule has 3 atom stereocenters. The summed E-state index contributed by atoms with van der Waals surface area (Å²) in [6, 6.07) is 3.92. The number of rotatable bonds is 1. The topological polar surface area (TPSA) is 66.0 Å². The van der Waals surface area contributed by atoms with Crippen molar-refractivity contribution in [2.24, 2.45) is 11.0 Å². The van der Waals surface area contributed by atoms with Crippen LogP contribution in [0.1, 0.15) is 31.7 Å². The second kappa shape index (κ2) is 7.13. The van der Waals surface area contributed by atoms with Crippen molar-refractivity contribution < 1.29 is 9.53 Å². The molecule has 1 fully saturated rings. The van der Waals surface area contributed by atoms with E-state index in [9.17, 15) is 4.79 Å². The van der Waals surface area contributed by atoms with E-state index in [1.165, 1.54) is 5.56 Å². The van der Waals surface area contributed by atoms with Crippen LogP contribution in [0.25, 0.3) is 0 Å². The maximum Gasteiger partial charge on any atom is 0.262 e. The van der Waals surface area contributed by atoms with E-state index in [0.29, 0.717) is 18.4 Å². The van der Waals surface area contributed by atoms with Gasteiger partial charge in [0.15, 0.2) is 5.84 Å². The van der Waals surface area contributed by atoms with Crippen molar-refractivity contribution in [3.63, 3.8) is 0 Å². The minimum Gasteiger partial charge on any atom is -0.483 e. The predicted octanol–water partition coefficient (Wildman–Crippen LogP) is 2.61. The van der Waals surface area contributed by atoms with Crippen LogP contribution in [0.4, 0.5) is 5.69 Å². The fraction of sp³-hybridized carbons (Fsp3) is 0.529. The lowest BCUT2D eigenvalue weighted by Gasteiger charge is -2.39. The van der Waals surface area contributed by atoms with Crippen LogP contribution in [0.3, 0.4) is 0 Å². The Labute approximate surface area is 161 Å². The molecular formula is C17H22BrClN4O2. The van der Waals surface area contributed by atoms with Gasteiger partial charge in [-0.05, 0) is 56.0 Å². The number of ether oxygens (including phenoxy) is 1. The number of nitrogens with one attached hydrogen (secondary N) is 2. The van der Waals surface area contributed by atoms with Crippen LogP contribution in [0.5, 0.6) is 5.75 Å². The van der Waals surface area contributed by atoms with Crippen molar-refractivity contribution in [1.82, 2.24) is 10.7 Å². The zero-order valence-corrected chi connectivity index (χ0v) is 16.6. The number of anilines is 1. The summed E-state index contributed by atoms with van der Waals surface area (Å²) in [6.45, 7) is 6.61. The highest BCUT2D eigenvalue weighted by Crippen LogP contribution is 2.43. The third-order valence-electron chi connectivity index (χ3n) is 5.22. The van der Waals surface area contributed by atoms with Crippen LogP contribution in [-0.2, 0) is 4.79 Å². The molecule has 0 saturated carbocycles. The van der Waals surface area contributed by atoms with E-state index in [2.05, 4.69) is 44.8 Å². The van der Waals surface area contributed by atoms with Gasteiger partial charge < -0.3 is 15.0 Å². The highest BCUT2D eigenvalue weighted by atomic mass is 79.9. The molecule has 2 N–H and O–H groups in total. The maximum atomic E-state index is 12.0. The summed E-state index contributed by atoms with van der Waals surface area (Å²) in [5.41, 5.74) is 4.79. The fourth-order valence-corrected chi connectivity index (χ4v) is 4.44. The van der Waals surface area contributed by atoms with Crippen molar-refractivity contribution >= 4 is 45.8 Å². The molecular weight excluding hydrogens is 408 g/mol. The van der Waals surface area contributed by atoms with E-state index in [-0.39, 0.29) is 24.4 Å². The number of benzene rings is 1. The van der Waals surface area contributed by atoms with Crippen molar-refractivity contribution in [3.05, 3.63) is 22.2 Å². The number of amidine groups is 1. The maximum absolute atomic E-state index is 12.0. The quantitative estimate of drug-likeness (QED) is 0.720. The van der Waals surface area contributed by atoms with Crippen LogP contribution in [0.2, 0.25) is 0 Å². The SMILES string of the molecule is CC1C(=O)NN=C2COc3cc(Br)c([C@@H]4CCNC[C@@H]4C)cc3N21.Cl. The second-order valence-corrected chi connectivity index (χ2v) is 7.61. The summed E-state index contributed by atoms with van der Waals surface area (Å²) in [6.07, 6.45) is 1.11. The van der Waals surface area contributed by atoms with E-state index in [4.69, 9.17) is 4.74 Å². The Balaban J connectivity index is 0.00000182. The Morgan fingerprint density at radius 3 is 2.92 bits per heavy atom. The van der Waals surface area contributed by atoms with E-state index in [0.717, 1.165) is 41.3 Å². The van der Waals surface area contributed by atoms with Crippen LogP contribution in [-0.4, -0.2) is 37.5 Å². The van der Waals surface area contributed by atoms with Gasteiger partial charge in [0.2, 0.25) is 0 Å². The highest BCUT2D eigenvalue weighted by molar-refractivity contribution is 9.10. The molecule has 136 valence electrons. The molecule has 4 rings (SSSR count). The van der Waals surface area contributed by atoms with Crippen LogP contribution in [0.15, 0.2) is 21.7 Å². The first-order valence-electron chi connectivity index (χ1n) is 8.39. The number of hydrogen-bond donors (Lipinski definition) is 2. The number of amides is 1. The van der Waals surface area contributed by atoms with Gasteiger partial charge in [-0.2, -0.15) is 5.10 Å². The van der Waals surface area contributed by atoms with Gasteiger partial charge in [-0.15, -0.1) is 12.4 Å². The van der Waals surface area contributed by atoms with Gasteiger partial charge in [-0.1, -0.05) is 22.9 Å². The zero-order valence-electron chi connectivity index (χ0n) is 14.2. The lowest BCUT2D eigenvalue weighted by molar-refractivity contribution is -0.122. The first-order valence-corrected chi connectivity index (χ1v) is 9.18. The minimum atomic E-state index is -0.292. The number of carbonyl (C=O) groups is 1. The number of carbonyl (C=O) groups excluding carboxylic acids is 1. The van der Waals surface area contributed by atoms with E-state index < -0.39 is 0 Å². The normalized spacial score (nSPS) is 28.0. The molecule has 1 unspecified atom stereocenters. The molecule has 3 heterocycles. The zero-order chi connectivity index (χ0) is 16.8. The van der Waals surface area contributed by atoms with Gasteiger partial charge >= 0.3 is 0 Å². The number of halogens is 2. The third kappa shape index (κ3) is 3.13. The molecule has 0 aromatic heterocycles. The van der Waals surface area contributed by atoms with Gasteiger partial charge in [0, 0.05) is 4.47 Å². The number of hydrazone groups is 1. The Morgan fingerprint density at radius 1 is 1.36 bits per heavy atom. The van der Waals surface area contributed by atoms with Crippen LogP contribution in [0, 0.1) is 5.92 Å². The van der Waals surface area contributed by atoms with Crippen molar-refractivity contribution in [3.8, 4) is 5.75 Å². The molecule has 6 nitrogen and oxygen atoms in total. The Hall–Kier alpha value is -1.31. The molecule has 1 saturated heterocycles. The van der Waals surface area contributed by atoms with Gasteiger partial charge in [0.05, 0.1) is 5.69 Å². The fourth-order valence-electron chi connectivity index (χ4n) is 3.82. The number of nitrogens with zero attached hydrogens (tertiary/aromatic N) is 2. The summed E-state index contributed by atoms with van der Waals surface area (Å²) in [5.74, 6) is 2.51. The lowest BCUT2D eigenvalue weighted by atomic mass is 9.82. The first kappa shape index (κ1) is 18.5. The average molecular weight is 430 g/mol. The van der Waals surface area contributed by atoms with Gasteiger partial charge in [-0.25, -0.2) is 5.43 Å². The molecule has 1 amide bonds. The first-order chi connectivity index (χ1) is 11.6. The highest BCUT2D eigenvalue weighted by Gasteiger charge is 2.36. The molecule has 0 aliphatic carbocycles. The van der Waals surface area contributed by atoms with Gasteiger partial charge in [0.1, 0.15) is 18.4 Å². The molecule has 3 aliphatic heterocycles. The molecule has 3 aliphatic rings. The molecule has 0 bridgehead atoms. The van der Waals surface area contributed by atoms with Crippen molar-refractivity contribution in [1.29, 1.82) is 0 Å². The molecule has 25 heavy (non-hydrogen) atoms. The van der Waals surface area contributed by atoms with Crippen LogP contribution < -0.4 is 20.4 Å². The summed E-state index contributed by atoms with van der Waals surface area (Å²) in [4.78, 5) is 14.0. The Morgan fingerprint density at radius 2 is 2.16 bits per heavy atom. The number of piperidine rings is 1. The molecule has 1 aromatic rings. The number of hydrogen-bond acceptors (Lipinski definition) is 5. The lowest BCUT2D eigenvalue weighted by Crippen LogP contribution is -2.55. The summed E-state index contributed by atoms with van der Waals surface area (Å²) in [5, 5.41) is 7.61. The van der Waals surface area contributed by atoms with Crippen molar-refractivity contribution in [2.75, 3.05) is 24.6 Å². The minimum absolute atomic E-state index is 0. The van der Waals surface area contributed by atoms with Crippen molar-refractivity contribution in [2.45, 2.75) is 32.2 Å². The monoisotopic (exact) mass is 428 g/mol. The summed E-state index contributed by atoms with van der Waals surface area (Å²) >= 11 is 3.72. The molecule has 0 spiro atoms. The smallest absolute Gasteiger partial charge is 0.262 e. The Bertz CT molecular complexity index is 727. The van der Waals surface area contributed by atoms with E-state index in [1.54, 1.807) is 0 Å². The molecule has 8 heteroatoms. The number of fused-ring (bicyclic) bond motifs is 3. The standard InChI is InChI=1S/C17H21BrN4O2.ClH/c1-9-7-19-4-3-11(9)12-5-14-15(6-13(12)18)24-8-16-20-21-17(23)10(2)22(14)16;/h5-6,9-11,19H,3-4,7-8H2,1-2H3,(H,21,23);1H/t9-,10?,11+;/m0./s1. The van der Waals surface area contributed by atoms with E-state index >= 15 is 0 Å². The summed E-state index contributed by atoms with van der Waals surface area (Å²) < 4.78 is 6.94. The average Bonchev–Trinajstić information content (AvgIpc) is 2.58. The summed E-state index contributed by atoms with van der Waals surface area (Å²) in [7, 11) is 0. The van der Waals surface area contributed by atoms with Gasteiger partial charge in [-0.3, -0.25) is 4.79 Å². The molecule has 0 radical (unpaired) electrons.